The Balaban J connectivity index is 1.65. The number of nitrogens with one attached hydrogen (secondary N) is 1. The van der Waals surface area contributed by atoms with Gasteiger partial charge in [0.25, 0.3) is 5.91 Å². The summed E-state index contributed by atoms with van der Waals surface area (Å²) in [7, 11) is 0. The number of hydrogen-bond acceptors (Lipinski definition) is 4. The summed E-state index contributed by atoms with van der Waals surface area (Å²) in [6.45, 7) is 5.80. The number of carbonyl (C=O) groups excluding carboxylic acids is 1. The average Bonchev–Trinajstić information content (AvgIpc) is 3.20. The zero-order valence-electron chi connectivity index (χ0n) is 14.1. The van der Waals surface area contributed by atoms with E-state index in [2.05, 4.69) is 24.3 Å². The van der Waals surface area contributed by atoms with Gasteiger partial charge in [0, 0.05) is 22.9 Å². The van der Waals surface area contributed by atoms with E-state index in [0.717, 1.165) is 30.9 Å². The summed E-state index contributed by atoms with van der Waals surface area (Å²) in [6, 6.07) is 7.69. The molecule has 0 saturated carbocycles. The summed E-state index contributed by atoms with van der Waals surface area (Å²) in [4.78, 5) is 13.6. The van der Waals surface area contributed by atoms with Gasteiger partial charge < -0.3 is 10.1 Å². The number of carbonyl (C=O) groups is 1. The second-order valence-corrected chi connectivity index (χ2v) is 7.82. The maximum atomic E-state index is 12.6. The van der Waals surface area contributed by atoms with Crippen LogP contribution in [0.15, 0.2) is 41.6 Å². The Morgan fingerprint density at radius 1 is 1.46 bits per heavy atom. The topological polar surface area (TPSA) is 56.2 Å². The monoisotopic (exact) mass is 345 g/mol. The van der Waals surface area contributed by atoms with Crippen LogP contribution in [0.1, 0.15) is 37.0 Å². The highest BCUT2D eigenvalue weighted by molar-refractivity contribution is 8.00. The van der Waals surface area contributed by atoms with Crippen molar-refractivity contribution >= 4 is 23.4 Å². The molecular formula is C18H23N3O2S. The van der Waals surface area contributed by atoms with Crippen LogP contribution in [-0.4, -0.2) is 33.6 Å². The summed E-state index contributed by atoms with van der Waals surface area (Å²) >= 11 is 1.69. The number of aromatic nitrogens is 2. The third kappa shape index (κ3) is 4.39. The molecule has 0 aliphatic carbocycles. The molecule has 1 aromatic heterocycles. The molecule has 3 rings (SSSR count). The van der Waals surface area contributed by atoms with E-state index >= 15 is 0 Å². The third-order valence-electron chi connectivity index (χ3n) is 3.80. The molecule has 1 atom stereocenters. The molecular weight excluding hydrogens is 322 g/mol. The fourth-order valence-electron chi connectivity index (χ4n) is 2.73. The Kier molecular flexibility index (Phi) is 5.58. The number of amides is 1. The van der Waals surface area contributed by atoms with Gasteiger partial charge in [0.1, 0.15) is 0 Å². The number of hydrogen-bond donors (Lipinski definition) is 1. The van der Waals surface area contributed by atoms with Crippen molar-refractivity contribution in [3.8, 4) is 0 Å². The SMILES string of the molecule is CC(C)Sc1ccccc1C(=O)Nc1cnn(CC2CCCO2)c1. The Labute approximate surface area is 146 Å². The molecule has 0 radical (unpaired) electrons. The van der Waals surface area contributed by atoms with Crippen LogP contribution in [-0.2, 0) is 11.3 Å². The predicted octanol–water partition coefficient (Wildman–Crippen LogP) is 3.81. The predicted molar refractivity (Wildman–Crippen MR) is 96.6 cm³/mol. The van der Waals surface area contributed by atoms with E-state index in [0.29, 0.717) is 16.5 Å². The molecule has 24 heavy (non-hydrogen) atoms. The van der Waals surface area contributed by atoms with Crippen molar-refractivity contribution in [2.24, 2.45) is 0 Å². The van der Waals surface area contributed by atoms with Gasteiger partial charge in [-0.2, -0.15) is 5.10 Å². The van der Waals surface area contributed by atoms with Crippen molar-refractivity contribution in [3.63, 3.8) is 0 Å². The highest BCUT2D eigenvalue weighted by atomic mass is 32.2. The number of rotatable bonds is 6. The summed E-state index contributed by atoms with van der Waals surface area (Å²) in [5, 5.41) is 7.68. The Morgan fingerprint density at radius 3 is 3.04 bits per heavy atom. The van der Waals surface area contributed by atoms with E-state index in [1.807, 2.05) is 35.1 Å². The van der Waals surface area contributed by atoms with Crippen LogP contribution in [0.5, 0.6) is 0 Å². The van der Waals surface area contributed by atoms with Crippen LogP contribution < -0.4 is 5.32 Å². The molecule has 1 amide bonds. The van der Waals surface area contributed by atoms with Crippen molar-refractivity contribution in [1.29, 1.82) is 0 Å². The normalized spacial score (nSPS) is 17.4. The molecule has 2 aromatic rings. The average molecular weight is 345 g/mol. The van der Waals surface area contributed by atoms with Crippen LogP contribution in [0.3, 0.4) is 0 Å². The summed E-state index contributed by atoms with van der Waals surface area (Å²) in [5.74, 6) is -0.101. The van der Waals surface area contributed by atoms with Gasteiger partial charge in [0.15, 0.2) is 0 Å². The maximum Gasteiger partial charge on any atom is 0.256 e. The molecule has 1 fully saturated rings. The van der Waals surface area contributed by atoms with Crippen molar-refractivity contribution in [2.75, 3.05) is 11.9 Å². The van der Waals surface area contributed by atoms with E-state index in [1.54, 1.807) is 18.0 Å². The van der Waals surface area contributed by atoms with E-state index in [4.69, 9.17) is 4.74 Å². The smallest absolute Gasteiger partial charge is 0.256 e. The van der Waals surface area contributed by atoms with Crippen LogP contribution in [0, 0.1) is 0 Å². The maximum absolute atomic E-state index is 12.6. The van der Waals surface area contributed by atoms with Crippen LogP contribution >= 0.6 is 11.8 Å². The zero-order chi connectivity index (χ0) is 16.9. The molecule has 5 nitrogen and oxygen atoms in total. The van der Waals surface area contributed by atoms with Crippen LogP contribution in [0.4, 0.5) is 5.69 Å². The van der Waals surface area contributed by atoms with Gasteiger partial charge in [-0.25, -0.2) is 0 Å². The molecule has 1 N–H and O–H groups in total. The minimum Gasteiger partial charge on any atom is -0.376 e. The third-order valence-corrected chi connectivity index (χ3v) is 4.88. The van der Waals surface area contributed by atoms with Gasteiger partial charge in [-0.1, -0.05) is 26.0 Å². The lowest BCUT2D eigenvalue weighted by Crippen LogP contribution is -2.15. The Morgan fingerprint density at radius 2 is 2.29 bits per heavy atom. The van der Waals surface area contributed by atoms with Gasteiger partial charge in [-0.3, -0.25) is 9.48 Å². The fraction of sp³-hybridized carbons (Fsp3) is 0.444. The van der Waals surface area contributed by atoms with Crippen LogP contribution in [0.2, 0.25) is 0 Å². The summed E-state index contributed by atoms with van der Waals surface area (Å²) in [5.41, 5.74) is 1.41. The van der Waals surface area contributed by atoms with Crippen LogP contribution in [0.25, 0.3) is 0 Å². The van der Waals surface area contributed by atoms with Crippen molar-refractivity contribution in [2.45, 2.75) is 49.5 Å². The lowest BCUT2D eigenvalue weighted by atomic mass is 10.2. The highest BCUT2D eigenvalue weighted by Gasteiger charge is 2.17. The molecule has 1 aromatic carbocycles. The molecule has 6 heteroatoms. The van der Waals surface area contributed by atoms with Crippen molar-refractivity contribution < 1.29 is 9.53 Å². The quantitative estimate of drug-likeness (QED) is 0.809. The van der Waals surface area contributed by atoms with E-state index in [9.17, 15) is 4.79 Å². The van der Waals surface area contributed by atoms with Crippen molar-refractivity contribution in [3.05, 3.63) is 42.2 Å². The lowest BCUT2D eigenvalue weighted by molar-refractivity contribution is 0.0940. The Bertz CT molecular complexity index is 693. The molecule has 1 aliphatic rings. The molecule has 1 saturated heterocycles. The number of ether oxygens (including phenoxy) is 1. The largest absolute Gasteiger partial charge is 0.376 e. The molecule has 0 bridgehead atoms. The first-order chi connectivity index (χ1) is 11.6. The first-order valence-corrected chi connectivity index (χ1v) is 9.21. The number of nitrogens with zero attached hydrogens (tertiary/aromatic N) is 2. The second-order valence-electron chi connectivity index (χ2n) is 6.20. The number of thioether (sulfide) groups is 1. The van der Waals surface area contributed by atoms with Gasteiger partial charge >= 0.3 is 0 Å². The summed E-state index contributed by atoms with van der Waals surface area (Å²) < 4.78 is 7.45. The second kappa shape index (κ2) is 7.85. The summed E-state index contributed by atoms with van der Waals surface area (Å²) in [6.07, 6.45) is 5.96. The van der Waals surface area contributed by atoms with Crippen molar-refractivity contribution in [1.82, 2.24) is 9.78 Å². The minimum absolute atomic E-state index is 0.101. The van der Waals surface area contributed by atoms with E-state index in [1.165, 1.54) is 0 Å². The van der Waals surface area contributed by atoms with Gasteiger partial charge in [0.05, 0.1) is 30.1 Å². The zero-order valence-corrected chi connectivity index (χ0v) is 14.9. The lowest BCUT2D eigenvalue weighted by Gasteiger charge is -2.11. The molecule has 1 unspecified atom stereocenters. The fourth-order valence-corrected chi connectivity index (χ4v) is 3.69. The van der Waals surface area contributed by atoms with Gasteiger partial charge in [-0.05, 0) is 25.0 Å². The first-order valence-electron chi connectivity index (χ1n) is 8.33. The molecule has 1 aliphatic heterocycles. The van der Waals surface area contributed by atoms with Gasteiger partial charge in [0.2, 0.25) is 0 Å². The molecule has 2 heterocycles. The van der Waals surface area contributed by atoms with Gasteiger partial charge in [-0.15, -0.1) is 11.8 Å². The Hall–Kier alpha value is -1.79. The molecule has 128 valence electrons. The standard InChI is InChI=1S/C18H23N3O2S/c1-13(2)24-17-8-4-3-7-16(17)18(22)20-14-10-19-21(11-14)12-15-6-5-9-23-15/h3-4,7-8,10-11,13,15H,5-6,9,12H2,1-2H3,(H,20,22). The molecule has 0 spiro atoms. The number of benzene rings is 1. The minimum atomic E-state index is -0.101. The van der Waals surface area contributed by atoms with E-state index in [-0.39, 0.29) is 12.0 Å². The van der Waals surface area contributed by atoms with E-state index < -0.39 is 0 Å². The number of anilines is 1. The first kappa shape index (κ1) is 17.0. The highest BCUT2D eigenvalue weighted by Crippen LogP contribution is 2.27.